The van der Waals surface area contributed by atoms with E-state index in [0.717, 1.165) is 4.90 Å². The monoisotopic (exact) mass is 332 g/mol. The van der Waals surface area contributed by atoms with Crippen LogP contribution in [0.3, 0.4) is 0 Å². The Morgan fingerprint density at radius 3 is 2.57 bits per heavy atom. The van der Waals surface area contributed by atoms with Crippen LogP contribution in [0.1, 0.15) is 6.92 Å². The molecule has 3 rings (SSSR count). The maximum atomic E-state index is 12.8. The van der Waals surface area contributed by atoms with Gasteiger partial charge in [0.25, 0.3) is 0 Å². The van der Waals surface area contributed by atoms with Crippen LogP contribution in [-0.4, -0.2) is 41.7 Å². The summed E-state index contributed by atoms with van der Waals surface area (Å²) in [6, 6.07) is 7.80. The summed E-state index contributed by atoms with van der Waals surface area (Å²) in [4.78, 5) is 43.0. The first-order valence-corrected chi connectivity index (χ1v) is 8.29. The Labute approximate surface area is 137 Å². The van der Waals surface area contributed by atoms with E-state index in [1.54, 1.807) is 24.3 Å². The third kappa shape index (κ3) is 2.45. The van der Waals surface area contributed by atoms with E-state index in [-0.39, 0.29) is 5.91 Å². The highest BCUT2D eigenvalue weighted by molar-refractivity contribution is 8.14. The van der Waals surface area contributed by atoms with Crippen LogP contribution in [0, 0.1) is 11.8 Å². The molecule has 2 heterocycles. The number of carbonyl (C=O) groups is 3. The van der Waals surface area contributed by atoms with Crippen molar-refractivity contribution in [3.05, 3.63) is 30.3 Å². The molecule has 0 aromatic heterocycles. The van der Waals surface area contributed by atoms with E-state index >= 15 is 0 Å². The van der Waals surface area contributed by atoms with Crippen LogP contribution in [-0.2, 0) is 19.1 Å². The van der Waals surface area contributed by atoms with Gasteiger partial charge < -0.3 is 4.74 Å². The number of fused-ring (bicyclic) bond motifs is 1. The minimum atomic E-state index is -0.941. The average Bonchev–Trinajstić information content (AvgIpc) is 3.06. The van der Waals surface area contributed by atoms with Gasteiger partial charge in [-0.1, -0.05) is 25.1 Å². The zero-order chi connectivity index (χ0) is 16.6. The standard InChI is InChI=1S/C16H16N2O4S/c1-3-23-13-11-10(12(17-13)16(21)22-2)14(19)18(15(11)20)9-7-5-4-6-8-9/h4-8,10-12H,3H2,1-2H3/t10-,11+,12+/m1/s1. The molecule has 120 valence electrons. The molecule has 0 radical (unpaired) electrons. The number of benzene rings is 1. The van der Waals surface area contributed by atoms with Gasteiger partial charge in [-0.2, -0.15) is 0 Å². The maximum absolute atomic E-state index is 12.8. The summed E-state index contributed by atoms with van der Waals surface area (Å²) < 4.78 is 4.76. The highest BCUT2D eigenvalue weighted by atomic mass is 32.2. The molecule has 23 heavy (non-hydrogen) atoms. The van der Waals surface area contributed by atoms with E-state index in [2.05, 4.69) is 4.99 Å². The maximum Gasteiger partial charge on any atom is 0.331 e. The van der Waals surface area contributed by atoms with Gasteiger partial charge in [-0.3, -0.25) is 14.6 Å². The van der Waals surface area contributed by atoms with E-state index < -0.39 is 29.8 Å². The first kappa shape index (κ1) is 15.7. The van der Waals surface area contributed by atoms with Crippen LogP contribution in [0.15, 0.2) is 35.3 Å². The van der Waals surface area contributed by atoms with Crippen molar-refractivity contribution in [2.45, 2.75) is 13.0 Å². The van der Waals surface area contributed by atoms with E-state index in [9.17, 15) is 14.4 Å². The Morgan fingerprint density at radius 2 is 1.96 bits per heavy atom. The Balaban J connectivity index is 2.01. The summed E-state index contributed by atoms with van der Waals surface area (Å²) in [6.45, 7) is 1.93. The molecular formula is C16H16N2O4S. The van der Waals surface area contributed by atoms with Crippen molar-refractivity contribution in [2.24, 2.45) is 16.8 Å². The number of anilines is 1. The number of thioether (sulfide) groups is 1. The minimum absolute atomic E-state index is 0.322. The van der Waals surface area contributed by atoms with Gasteiger partial charge in [0.1, 0.15) is 5.92 Å². The van der Waals surface area contributed by atoms with Gasteiger partial charge in [0, 0.05) is 0 Å². The predicted molar refractivity (Wildman–Crippen MR) is 87.3 cm³/mol. The van der Waals surface area contributed by atoms with Crippen molar-refractivity contribution in [2.75, 3.05) is 17.8 Å². The van der Waals surface area contributed by atoms with Crippen molar-refractivity contribution in [1.29, 1.82) is 0 Å². The molecule has 1 saturated heterocycles. The van der Waals surface area contributed by atoms with Crippen molar-refractivity contribution < 1.29 is 19.1 Å². The van der Waals surface area contributed by atoms with Crippen LogP contribution >= 0.6 is 11.8 Å². The Morgan fingerprint density at radius 1 is 1.26 bits per heavy atom. The van der Waals surface area contributed by atoms with E-state index in [0.29, 0.717) is 16.5 Å². The highest BCUT2D eigenvalue weighted by Crippen LogP contribution is 2.42. The molecule has 0 saturated carbocycles. The topological polar surface area (TPSA) is 76.0 Å². The zero-order valence-corrected chi connectivity index (χ0v) is 13.6. The molecule has 1 aromatic carbocycles. The lowest BCUT2D eigenvalue weighted by Gasteiger charge is -2.17. The fraction of sp³-hybridized carbons (Fsp3) is 0.375. The third-order valence-corrected chi connectivity index (χ3v) is 4.92. The molecular weight excluding hydrogens is 316 g/mol. The largest absolute Gasteiger partial charge is 0.467 e. The summed E-state index contributed by atoms with van der Waals surface area (Å²) in [7, 11) is 1.26. The predicted octanol–water partition coefficient (Wildman–Crippen LogP) is 1.50. The summed E-state index contributed by atoms with van der Waals surface area (Å²) in [5, 5.41) is 0.546. The molecule has 2 aliphatic rings. The summed E-state index contributed by atoms with van der Waals surface area (Å²) >= 11 is 1.39. The van der Waals surface area contributed by atoms with Gasteiger partial charge in [0.05, 0.1) is 23.8 Å². The number of hydrogen-bond donors (Lipinski definition) is 0. The number of carbonyl (C=O) groups excluding carboxylic acids is 3. The number of aliphatic imine (C=N–C) groups is 1. The fourth-order valence-electron chi connectivity index (χ4n) is 2.99. The van der Waals surface area contributed by atoms with E-state index in [4.69, 9.17) is 4.74 Å². The van der Waals surface area contributed by atoms with Crippen molar-refractivity contribution in [3.63, 3.8) is 0 Å². The zero-order valence-electron chi connectivity index (χ0n) is 12.8. The SMILES string of the molecule is CCSC1=N[C@H](C(=O)OC)[C@@H]2C(=O)N(c3ccccc3)C(=O)[C@H]12. The average molecular weight is 332 g/mol. The Bertz CT molecular complexity index is 689. The minimum Gasteiger partial charge on any atom is -0.467 e. The number of nitrogens with zero attached hydrogens (tertiary/aromatic N) is 2. The molecule has 2 amide bonds. The van der Waals surface area contributed by atoms with Crippen LogP contribution in [0.25, 0.3) is 0 Å². The van der Waals surface area contributed by atoms with Crippen LogP contribution in [0.4, 0.5) is 5.69 Å². The molecule has 1 aromatic rings. The van der Waals surface area contributed by atoms with Crippen molar-refractivity contribution >= 4 is 40.3 Å². The second-order valence-corrected chi connectivity index (χ2v) is 6.50. The van der Waals surface area contributed by atoms with Gasteiger partial charge >= 0.3 is 5.97 Å². The number of methoxy groups -OCH3 is 1. The fourth-order valence-corrected chi connectivity index (χ4v) is 3.90. The van der Waals surface area contributed by atoms with Gasteiger partial charge in [-0.05, 0) is 17.9 Å². The normalized spacial score (nSPS) is 26.3. The van der Waals surface area contributed by atoms with Crippen LogP contribution < -0.4 is 4.90 Å². The van der Waals surface area contributed by atoms with Crippen LogP contribution in [0.2, 0.25) is 0 Å². The molecule has 3 atom stereocenters. The van der Waals surface area contributed by atoms with E-state index in [1.807, 2.05) is 13.0 Å². The second kappa shape index (κ2) is 6.16. The molecule has 7 heteroatoms. The summed E-state index contributed by atoms with van der Waals surface area (Å²) in [5.41, 5.74) is 0.515. The Hall–Kier alpha value is -2.15. The molecule has 2 aliphatic heterocycles. The number of hydrogen-bond acceptors (Lipinski definition) is 6. The second-order valence-electron chi connectivity index (χ2n) is 5.22. The van der Waals surface area contributed by atoms with Crippen molar-refractivity contribution in [3.8, 4) is 0 Å². The number of para-hydroxylation sites is 1. The molecule has 6 nitrogen and oxygen atoms in total. The molecule has 0 aliphatic carbocycles. The number of imide groups is 1. The van der Waals surface area contributed by atoms with Gasteiger partial charge in [0.15, 0.2) is 6.04 Å². The molecule has 0 spiro atoms. The molecule has 0 bridgehead atoms. The third-order valence-electron chi connectivity index (χ3n) is 3.97. The molecule has 1 fully saturated rings. The number of esters is 1. The Kier molecular flexibility index (Phi) is 4.21. The number of ether oxygens (including phenoxy) is 1. The van der Waals surface area contributed by atoms with E-state index in [1.165, 1.54) is 18.9 Å². The van der Waals surface area contributed by atoms with Crippen LogP contribution in [0.5, 0.6) is 0 Å². The lowest BCUT2D eigenvalue weighted by atomic mass is 9.92. The lowest BCUT2D eigenvalue weighted by molar-refractivity contribution is -0.145. The first-order chi connectivity index (χ1) is 11.1. The summed E-state index contributed by atoms with van der Waals surface area (Å²) in [6.07, 6.45) is 0. The summed E-state index contributed by atoms with van der Waals surface area (Å²) in [5.74, 6) is -2.07. The molecule has 0 N–H and O–H groups in total. The first-order valence-electron chi connectivity index (χ1n) is 7.31. The number of amides is 2. The molecule has 0 unspecified atom stereocenters. The quantitative estimate of drug-likeness (QED) is 0.619. The van der Waals surface area contributed by atoms with Gasteiger partial charge in [-0.15, -0.1) is 11.8 Å². The number of rotatable bonds is 3. The van der Waals surface area contributed by atoms with Crippen molar-refractivity contribution in [1.82, 2.24) is 0 Å². The van der Waals surface area contributed by atoms with Gasteiger partial charge in [0.2, 0.25) is 11.8 Å². The lowest BCUT2D eigenvalue weighted by Crippen LogP contribution is -2.36. The smallest absolute Gasteiger partial charge is 0.331 e. The van der Waals surface area contributed by atoms with Gasteiger partial charge in [-0.25, -0.2) is 9.69 Å². The highest BCUT2D eigenvalue weighted by Gasteiger charge is 2.59.